The summed E-state index contributed by atoms with van der Waals surface area (Å²) in [5, 5.41) is 7.63. The summed E-state index contributed by atoms with van der Waals surface area (Å²) in [7, 11) is -4.04. The number of ether oxygens (including phenoxy) is 1. The summed E-state index contributed by atoms with van der Waals surface area (Å²) in [6.07, 6.45) is 3.61. The number of hydrogen-bond acceptors (Lipinski definition) is 5. The Morgan fingerprint density at radius 1 is 0.964 bits per heavy atom. The van der Waals surface area contributed by atoms with Gasteiger partial charge in [0.2, 0.25) is 5.91 Å². The normalized spacial score (nSPS) is 11.1. The van der Waals surface area contributed by atoms with E-state index in [1.807, 2.05) is 24.3 Å². The van der Waals surface area contributed by atoms with Crippen LogP contribution in [0.5, 0.6) is 11.5 Å². The standard InChI is InChI=1S/C20H26N2O5S/c1-2-3-4-13-26-18-9-5-16(6-10-18)14-20(23)22-15-17-7-11-19(12-8-17)27-28(21,24)25/h5-12H,2-4,13-15H2,1H3,(H,22,23)(H2,21,24,25). The molecule has 2 rings (SSSR count). The molecule has 0 heterocycles. The van der Waals surface area contributed by atoms with Gasteiger partial charge < -0.3 is 14.2 Å². The summed E-state index contributed by atoms with van der Waals surface area (Å²) in [6, 6.07) is 13.8. The molecule has 152 valence electrons. The Labute approximate surface area is 166 Å². The highest BCUT2D eigenvalue weighted by molar-refractivity contribution is 7.84. The fourth-order valence-corrected chi connectivity index (χ4v) is 2.87. The van der Waals surface area contributed by atoms with Crippen molar-refractivity contribution in [2.24, 2.45) is 5.14 Å². The van der Waals surface area contributed by atoms with Gasteiger partial charge in [0.05, 0.1) is 13.0 Å². The van der Waals surface area contributed by atoms with E-state index in [0.717, 1.165) is 36.1 Å². The van der Waals surface area contributed by atoms with Crippen LogP contribution in [0.4, 0.5) is 0 Å². The van der Waals surface area contributed by atoms with Gasteiger partial charge in [0.1, 0.15) is 11.5 Å². The van der Waals surface area contributed by atoms with Crippen molar-refractivity contribution < 1.29 is 22.1 Å². The van der Waals surface area contributed by atoms with Crippen molar-refractivity contribution in [2.75, 3.05) is 6.61 Å². The number of nitrogens with two attached hydrogens (primary N) is 1. The zero-order valence-electron chi connectivity index (χ0n) is 15.9. The second-order valence-electron chi connectivity index (χ2n) is 6.37. The van der Waals surface area contributed by atoms with E-state index < -0.39 is 10.3 Å². The second-order valence-corrected chi connectivity index (χ2v) is 7.53. The number of carbonyl (C=O) groups excluding carboxylic acids is 1. The van der Waals surface area contributed by atoms with Crippen molar-refractivity contribution in [3.63, 3.8) is 0 Å². The van der Waals surface area contributed by atoms with Crippen LogP contribution in [0.2, 0.25) is 0 Å². The van der Waals surface area contributed by atoms with Crippen LogP contribution in [-0.4, -0.2) is 20.9 Å². The molecule has 0 saturated carbocycles. The Bertz CT molecular complexity index is 849. The van der Waals surface area contributed by atoms with Crippen molar-refractivity contribution in [1.29, 1.82) is 0 Å². The molecule has 0 atom stereocenters. The van der Waals surface area contributed by atoms with E-state index in [2.05, 4.69) is 16.4 Å². The number of hydrogen-bond donors (Lipinski definition) is 2. The lowest BCUT2D eigenvalue weighted by Crippen LogP contribution is -2.24. The fraction of sp³-hybridized carbons (Fsp3) is 0.350. The Balaban J connectivity index is 1.76. The average Bonchev–Trinajstić information content (AvgIpc) is 2.65. The molecule has 0 spiro atoms. The molecule has 0 aromatic heterocycles. The summed E-state index contributed by atoms with van der Waals surface area (Å²) in [4.78, 5) is 12.1. The fourth-order valence-electron chi connectivity index (χ4n) is 2.49. The first kappa shape index (κ1) is 21.7. The number of nitrogens with one attached hydrogen (secondary N) is 1. The molecule has 2 aromatic carbocycles. The minimum atomic E-state index is -4.04. The topological polar surface area (TPSA) is 108 Å². The first-order valence-corrected chi connectivity index (χ1v) is 10.6. The first-order chi connectivity index (χ1) is 13.4. The van der Waals surface area contributed by atoms with Crippen molar-refractivity contribution in [1.82, 2.24) is 5.32 Å². The molecule has 0 aliphatic heterocycles. The van der Waals surface area contributed by atoms with Gasteiger partial charge in [0, 0.05) is 6.54 Å². The van der Waals surface area contributed by atoms with E-state index in [0.29, 0.717) is 13.2 Å². The quantitative estimate of drug-likeness (QED) is 0.558. The molecule has 0 radical (unpaired) electrons. The Morgan fingerprint density at radius 3 is 2.18 bits per heavy atom. The maximum Gasteiger partial charge on any atom is 0.380 e. The molecule has 28 heavy (non-hydrogen) atoms. The lowest BCUT2D eigenvalue weighted by atomic mass is 10.1. The predicted octanol–water partition coefficient (Wildman–Crippen LogP) is 2.70. The van der Waals surface area contributed by atoms with Gasteiger partial charge in [-0.1, -0.05) is 44.0 Å². The summed E-state index contributed by atoms with van der Waals surface area (Å²) < 4.78 is 31.9. The Kier molecular flexibility index (Phi) is 8.28. The van der Waals surface area contributed by atoms with E-state index in [9.17, 15) is 13.2 Å². The monoisotopic (exact) mass is 406 g/mol. The number of rotatable bonds is 11. The van der Waals surface area contributed by atoms with E-state index in [1.165, 1.54) is 12.1 Å². The first-order valence-electron chi connectivity index (χ1n) is 9.15. The minimum absolute atomic E-state index is 0.110. The van der Waals surface area contributed by atoms with Crippen LogP contribution in [0.25, 0.3) is 0 Å². The summed E-state index contributed by atoms with van der Waals surface area (Å²) in [5.74, 6) is 0.818. The molecule has 0 saturated heterocycles. The number of benzene rings is 2. The lowest BCUT2D eigenvalue weighted by Gasteiger charge is -2.08. The smallest absolute Gasteiger partial charge is 0.380 e. The van der Waals surface area contributed by atoms with Gasteiger partial charge in [-0.05, 0) is 41.8 Å². The van der Waals surface area contributed by atoms with Crippen LogP contribution < -0.4 is 19.4 Å². The summed E-state index contributed by atoms with van der Waals surface area (Å²) in [5.41, 5.74) is 1.71. The van der Waals surface area contributed by atoms with Crippen molar-refractivity contribution >= 4 is 16.2 Å². The van der Waals surface area contributed by atoms with Gasteiger partial charge >= 0.3 is 10.3 Å². The van der Waals surface area contributed by atoms with Crippen LogP contribution >= 0.6 is 0 Å². The zero-order valence-corrected chi connectivity index (χ0v) is 16.7. The maximum absolute atomic E-state index is 12.1. The number of carbonyl (C=O) groups is 1. The van der Waals surface area contributed by atoms with Crippen molar-refractivity contribution in [2.45, 2.75) is 39.2 Å². The van der Waals surface area contributed by atoms with Gasteiger partial charge in [-0.25, -0.2) is 0 Å². The van der Waals surface area contributed by atoms with Gasteiger partial charge in [-0.2, -0.15) is 13.6 Å². The third-order valence-corrected chi connectivity index (χ3v) is 4.35. The van der Waals surface area contributed by atoms with E-state index >= 15 is 0 Å². The molecule has 0 aliphatic rings. The highest BCUT2D eigenvalue weighted by Crippen LogP contribution is 2.15. The molecule has 0 unspecified atom stereocenters. The Morgan fingerprint density at radius 2 is 1.57 bits per heavy atom. The van der Waals surface area contributed by atoms with Gasteiger partial charge in [-0.15, -0.1) is 0 Å². The van der Waals surface area contributed by atoms with E-state index in [4.69, 9.17) is 9.88 Å². The molecular formula is C20H26N2O5S. The van der Waals surface area contributed by atoms with Crippen molar-refractivity contribution in [3.05, 3.63) is 59.7 Å². The Hall–Kier alpha value is -2.58. The van der Waals surface area contributed by atoms with Crippen LogP contribution in [0.15, 0.2) is 48.5 Å². The minimum Gasteiger partial charge on any atom is -0.494 e. The molecule has 0 bridgehead atoms. The summed E-state index contributed by atoms with van der Waals surface area (Å²) >= 11 is 0. The van der Waals surface area contributed by atoms with Gasteiger partial charge in [0.25, 0.3) is 0 Å². The van der Waals surface area contributed by atoms with Crippen LogP contribution in [0.3, 0.4) is 0 Å². The molecule has 7 nitrogen and oxygen atoms in total. The molecule has 0 fully saturated rings. The molecule has 3 N–H and O–H groups in total. The molecule has 1 amide bonds. The van der Waals surface area contributed by atoms with E-state index in [1.54, 1.807) is 12.1 Å². The number of amides is 1. The molecule has 2 aromatic rings. The highest BCUT2D eigenvalue weighted by atomic mass is 32.2. The van der Waals surface area contributed by atoms with Crippen LogP contribution in [0.1, 0.15) is 37.3 Å². The second kappa shape index (κ2) is 10.7. The maximum atomic E-state index is 12.1. The summed E-state index contributed by atoms with van der Waals surface area (Å²) in [6.45, 7) is 3.18. The lowest BCUT2D eigenvalue weighted by molar-refractivity contribution is -0.120. The van der Waals surface area contributed by atoms with Gasteiger partial charge in [-0.3, -0.25) is 4.79 Å². The van der Waals surface area contributed by atoms with Gasteiger partial charge in [0.15, 0.2) is 0 Å². The predicted molar refractivity (Wildman–Crippen MR) is 107 cm³/mol. The highest BCUT2D eigenvalue weighted by Gasteiger charge is 2.06. The van der Waals surface area contributed by atoms with Crippen LogP contribution in [-0.2, 0) is 28.1 Å². The molecule has 0 aliphatic carbocycles. The number of unbranched alkanes of at least 4 members (excludes halogenated alkanes) is 2. The SMILES string of the molecule is CCCCCOc1ccc(CC(=O)NCc2ccc(OS(N)(=O)=O)cc2)cc1. The van der Waals surface area contributed by atoms with Crippen LogP contribution in [0, 0.1) is 0 Å². The zero-order chi connectivity index (χ0) is 20.4. The average molecular weight is 407 g/mol. The van der Waals surface area contributed by atoms with Crippen molar-refractivity contribution in [3.8, 4) is 11.5 Å². The molecule has 8 heteroatoms. The third-order valence-electron chi connectivity index (χ3n) is 3.93. The molecular weight excluding hydrogens is 380 g/mol. The van der Waals surface area contributed by atoms with E-state index in [-0.39, 0.29) is 18.1 Å². The largest absolute Gasteiger partial charge is 0.494 e. The third kappa shape index (κ3) is 8.41.